The molecule has 0 unspecified atom stereocenters. The minimum absolute atomic E-state index is 0.305. The molecule has 1 heterocycles. The van der Waals surface area contributed by atoms with E-state index in [0.29, 0.717) is 17.2 Å². The molecule has 2 aliphatic rings. The van der Waals surface area contributed by atoms with Gasteiger partial charge in [0.15, 0.2) is 0 Å². The highest BCUT2D eigenvalue weighted by molar-refractivity contribution is 5.79. The van der Waals surface area contributed by atoms with Crippen molar-refractivity contribution >= 4 is 5.91 Å². The number of hydrogen-bond donors (Lipinski definition) is 2. The van der Waals surface area contributed by atoms with Crippen LogP contribution in [0.3, 0.4) is 0 Å². The molecule has 0 aromatic rings. The van der Waals surface area contributed by atoms with Gasteiger partial charge in [-0.05, 0) is 57.2 Å². The highest BCUT2D eigenvalue weighted by Crippen LogP contribution is 2.51. The lowest BCUT2D eigenvalue weighted by molar-refractivity contribution is -0.144. The van der Waals surface area contributed by atoms with Crippen LogP contribution in [-0.4, -0.2) is 50.1 Å². The van der Waals surface area contributed by atoms with E-state index in [1.165, 1.54) is 51.7 Å². The molecule has 0 bridgehead atoms. The van der Waals surface area contributed by atoms with E-state index in [2.05, 4.69) is 29.4 Å². The average molecular weight is 354 g/mol. The molecule has 0 aromatic carbocycles. The maximum absolute atomic E-state index is 12.1. The summed E-state index contributed by atoms with van der Waals surface area (Å²) in [6, 6.07) is 0. The normalized spacial score (nSPS) is 18.9. The van der Waals surface area contributed by atoms with Crippen molar-refractivity contribution in [2.45, 2.75) is 79.1 Å². The van der Waals surface area contributed by atoms with Crippen LogP contribution in [-0.2, 0) is 4.79 Å². The van der Waals surface area contributed by atoms with Crippen molar-refractivity contribution in [1.29, 1.82) is 0 Å². The fraction of sp³-hybridized carbons (Fsp3) is 0.952. The summed E-state index contributed by atoms with van der Waals surface area (Å²) in [6.45, 7) is 15.2. The van der Waals surface area contributed by atoms with E-state index in [4.69, 9.17) is 0 Å². The van der Waals surface area contributed by atoms with Crippen molar-refractivity contribution in [3.63, 3.8) is 0 Å². The van der Waals surface area contributed by atoms with Gasteiger partial charge in [-0.25, -0.2) is 0 Å². The molecular weight excluding hydrogens is 310 g/mol. The molecule has 25 heavy (non-hydrogen) atoms. The molecule has 2 N–H and O–H groups in total. The van der Waals surface area contributed by atoms with Gasteiger partial charge >= 0.3 is 0 Å². The molecule has 1 amide bonds. The molecule has 1 saturated carbocycles. The summed E-state index contributed by atoms with van der Waals surface area (Å²) in [5, 5.41) is 6.51. The van der Waals surface area contributed by atoms with Crippen LogP contribution in [0.15, 0.2) is 0 Å². The number of carbonyl (C=O) groups excluding carboxylic acids is 1. The standard InChI is InChI=1S/C19H37N3O.C2H6/c1-3-12-22-15-19(16-22)13-17(14-19)18(23)21-11-9-7-5-6-8-10-20-4-2;1-2/h17,20H,3-16H2,1-2H3,(H,21,23);1-2H3. The molecule has 0 aromatic heterocycles. The van der Waals surface area contributed by atoms with Gasteiger partial charge in [-0.3, -0.25) is 4.79 Å². The molecule has 0 radical (unpaired) electrons. The Morgan fingerprint density at radius 1 is 1.00 bits per heavy atom. The Bertz CT molecular complexity index is 345. The number of hydrogen-bond acceptors (Lipinski definition) is 3. The van der Waals surface area contributed by atoms with Crippen molar-refractivity contribution in [3.05, 3.63) is 0 Å². The van der Waals surface area contributed by atoms with Gasteiger partial charge in [0.05, 0.1) is 0 Å². The number of nitrogens with zero attached hydrogens (tertiary/aromatic N) is 1. The molecule has 2 rings (SSSR count). The van der Waals surface area contributed by atoms with Crippen molar-refractivity contribution in [2.75, 3.05) is 39.3 Å². The van der Waals surface area contributed by atoms with Crippen molar-refractivity contribution < 1.29 is 4.79 Å². The number of rotatable bonds is 12. The Hall–Kier alpha value is -0.610. The maximum Gasteiger partial charge on any atom is 0.223 e. The first-order chi connectivity index (χ1) is 12.2. The van der Waals surface area contributed by atoms with Crippen LogP contribution in [0, 0.1) is 11.3 Å². The summed E-state index contributed by atoms with van der Waals surface area (Å²) < 4.78 is 0. The van der Waals surface area contributed by atoms with Crippen LogP contribution in [0.1, 0.15) is 79.1 Å². The van der Waals surface area contributed by atoms with Crippen molar-refractivity contribution in [3.8, 4) is 0 Å². The zero-order valence-corrected chi connectivity index (χ0v) is 17.3. The Labute approximate surface area is 156 Å². The highest BCUT2D eigenvalue weighted by atomic mass is 16.1. The van der Waals surface area contributed by atoms with Crippen LogP contribution in [0.4, 0.5) is 0 Å². The third-order valence-corrected chi connectivity index (χ3v) is 5.47. The fourth-order valence-electron chi connectivity index (χ4n) is 4.24. The van der Waals surface area contributed by atoms with E-state index in [1.807, 2.05) is 13.8 Å². The molecule has 4 heteroatoms. The first-order valence-electron chi connectivity index (χ1n) is 10.9. The average Bonchev–Trinajstić information content (AvgIpc) is 2.56. The number of nitrogens with one attached hydrogen (secondary N) is 2. The molecule has 1 aliphatic heterocycles. The smallest absolute Gasteiger partial charge is 0.223 e. The fourth-order valence-corrected chi connectivity index (χ4v) is 4.24. The van der Waals surface area contributed by atoms with Gasteiger partial charge < -0.3 is 15.5 Å². The van der Waals surface area contributed by atoms with Gasteiger partial charge in [-0.1, -0.05) is 47.0 Å². The van der Waals surface area contributed by atoms with E-state index in [1.54, 1.807) is 0 Å². The maximum atomic E-state index is 12.1. The Morgan fingerprint density at radius 2 is 1.60 bits per heavy atom. The Kier molecular flexibility index (Phi) is 11.4. The van der Waals surface area contributed by atoms with Crippen LogP contribution < -0.4 is 10.6 Å². The summed E-state index contributed by atoms with van der Waals surface area (Å²) in [5.74, 6) is 0.621. The lowest BCUT2D eigenvalue weighted by atomic mass is 9.57. The second-order valence-corrected chi connectivity index (χ2v) is 7.73. The Balaban J connectivity index is 0.00000151. The first-order valence-corrected chi connectivity index (χ1v) is 10.9. The minimum atomic E-state index is 0.305. The van der Waals surface area contributed by atoms with E-state index in [9.17, 15) is 4.79 Å². The largest absolute Gasteiger partial charge is 0.356 e. The number of amides is 1. The summed E-state index contributed by atoms with van der Waals surface area (Å²) in [7, 11) is 0. The van der Waals surface area contributed by atoms with Crippen LogP contribution in [0.5, 0.6) is 0 Å². The zero-order chi connectivity index (χ0) is 18.5. The highest BCUT2D eigenvalue weighted by Gasteiger charge is 2.53. The molecule has 4 nitrogen and oxygen atoms in total. The van der Waals surface area contributed by atoms with E-state index in [0.717, 1.165) is 38.9 Å². The molecule has 2 fully saturated rings. The molecule has 148 valence electrons. The van der Waals surface area contributed by atoms with Gasteiger partial charge in [-0.2, -0.15) is 0 Å². The van der Waals surface area contributed by atoms with Crippen LogP contribution in [0.2, 0.25) is 0 Å². The van der Waals surface area contributed by atoms with Crippen molar-refractivity contribution in [2.24, 2.45) is 11.3 Å². The number of unbranched alkanes of at least 4 members (excludes halogenated alkanes) is 4. The third kappa shape index (κ3) is 7.65. The molecule has 1 spiro atoms. The SMILES string of the molecule is CC.CCCN1CC2(CC(C(=O)NCCCCCCCNCC)C2)C1. The van der Waals surface area contributed by atoms with E-state index < -0.39 is 0 Å². The van der Waals surface area contributed by atoms with Gasteiger partial charge in [-0.15, -0.1) is 0 Å². The predicted octanol–water partition coefficient (Wildman–Crippen LogP) is 3.81. The quantitative estimate of drug-likeness (QED) is 0.524. The predicted molar refractivity (Wildman–Crippen MR) is 108 cm³/mol. The molecule has 0 atom stereocenters. The second-order valence-electron chi connectivity index (χ2n) is 7.73. The lowest BCUT2D eigenvalue weighted by Gasteiger charge is -2.58. The van der Waals surface area contributed by atoms with Crippen molar-refractivity contribution in [1.82, 2.24) is 15.5 Å². The van der Waals surface area contributed by atoms with Gasteiger partial charge in [0.2, 0.25) is 5.91 Å². The zero-order valence-electron chi connectivity index (χ0n) is 17.3. The van der Waals surface area contributed by atoms with Gasteiger partial charge in [0.1, 0.15) is 0 Å². The number of carbonyl (C=O) groups is 1. The topological polar surface area (TPSA) is 44.4 Å². The third-order valence-electron chi connectivity index (χ3n) is 5.47. The van der Waals surface area contributed by atoms with Crippen LogP contribution >= 0.6 is 0 Å². The van der Waals surface area contributed by atoms with Crippen LogP contribution in [0.25, 0.3) is 0 Å². The summed E-state index contributed by atoms with van der Waals surface area (Å²) in [6.07, 6.45) is 9.75. The molecular formula is C21H43N3O. The summed E-state index contributed by atoms with van der Waals surface area (Å²) in [5.41, 5.74) is 0.518. The minimum Gasteiger partial charge on any atom is -0.356 e. The summed E-state index contributed by atoms with van der Waals surface area (Å²) >= 11 is 0. The monoisotopic (exact) mass is 353 g/mol. The van der Waals surface area contributed by atoms with E-state index in [-0.39, 0.29) is 0 Å². The molecule has 1 aliphatic carbocycles. The van der Waals surface area contributed by atoms with Gasteiger partial charge in [0, 0.05) is 25.6 Å². The Morgan fingerprint density at radius 3 is 2.20 bits per heavy atom. The number of likely N-dealkylation sites (tertiary alicyclic amines) is 1. The molecule has 1 saturated heterocycles. The lowest BCUT2D eigenvalue weighted by Crippen LogP contribution is -2.63. The van der Waals surface area contributed by atoms with E-state index >= 15 is 0 Å². The van der Waals surface area contributed by atoms with Gasteiger partial charge in [0.25, 0.3) is 0 Å². The summed E-state index contributed by atoms with van der Waals surface area (Å²) in [4.78, 5) is 14.7. The first kappa shape index (κ1) is 22.4. The second kappa shape index (κ2) is 12.7.